The van der Waals surface area contributed by atoms with Crippen molar-refractivity contribution in [3.63, 3.8) is 0 Å². The van der Waals surface area contributed by atoms with Crippen LogP contribution in [0.3, 0.4) is 0 Å². The lowest BCUT2D eigenvalue weighted by Crippen LogP contribution is -2.38. The van der Waals surface area contributed by atoms with Gasteiger partial charge in [-0.05, 0) is 18.4 Å². The quantitative estimate of drug-likeness (QED) is 0.807. The Morgan fingerprint density at radius 3 is 2.46 bits per heavy atom. The molecule has 1 amide bonds. The van der Waals surface area contributed by atoms with E-state index in [0.717, 1.165) is 5.56 Å². The van der Waals surface area contributed by atoms with Crippen LogP contribution in [0.5, 0.6) is 0 Å². The minimum Gasteiger partial charge on any atom is -0.480 e. The topological polar surface area (TPSA) is 105 Å². The van der Waals surface area contributed by atoms with Crippen LogP contribution in [0.4, 0.5) is 0 Å². The van der Waals surface area contributed by atoms with Gasteiger partial charge < -0.3 is 14.9 Å². The van der Waals surface area contributed by atoms with Crippen LogP contribution >= 0.6 is 0 Å². The molecule has 0 spiro atoms. The molecule has 128 valence electrons. The van der Waals surface area contributed by atoms with Crippen LogP contribution in [0.2, 0.25) is 0 Å². The zero-order valence-electron chi connectivity index (χ0n) is 13.9. The fourth-order valence-corrected chi connectivity index (χ4v) is 2.09. The minimum atomic E-state index is -1.08. The summed E-state index contributed by atoms with van der Waals surface area (Å²) in [7, 11) is 0. The number of hydrogen-bond acceptors (Lipinski definition) is 5. The lowest BCUT2D eigenvalue weighted by molar-refractivity contribution is -0.141. The van der Waals surface area contributed by atoms with Crippen LogP contribution in [0.1, 0.15) is 44.6 Å². The Morgan fingerprint density at radius 1 is 1.21 bits per heavy atom. The molecule has 0 unspecified atom stereocenters. The maximum absolute atomic E-state index is 11.6. The van der Waals surface area contributed by atoms with Crippen LogP contribution in [-0.2, 0) is 16.0 Å². The summed E-state index contributed by atoms with van der Waals surface area (Å²) in [5.41, 5.74) is 2.07. The standard InChI is InChI=1S/C17H21N3O4/c1-10(2)12-4-6-13(7-5-12)16-19-15(24-20-16)9-8-14(21)18-11(3)17(22)23/h4-7,10-11H,8-9H2,1-3H3,(H,18,21)(H,22,23)/t11-/m0/s1. The molecule has 0 aliphatic carbocycles. The number of carbonyl (C=O) groups excluding carboxylic acids is 1. The van der Waals surface area contributed by atoms with Gasteiger partial charge in [0.15, 0.2) is 0 Å². The van der Waals surface area contributed by atoms with Gasteiger partial charge in [-0.25, -0.2) is 0 Å². The Hall–Kier alpha value is -2.70. The van der Waals surface area contributed by atoms with E-state index in [1.807, 2.05) is 24.3 Å². The Morgan fingerprint density at radius 2 is 1.88 bits per heavy atom. The van der Waals surface area contributed by atoms with E-state index in [1.54, 1.807) is 0 Å². The molecule has 2 aromatic rings. The number of carboxylic acids is 1. The summed E-state index contributed by atoms with van der Waals surface area (Å²) in [6.45, 7) is 5.65. The second kappa shape index (κ2) is 7.72. The van der Waals surface area contributed by atoms with Crippen molar-refractivity contribution in [2.24, 2.45) is 0 Å². The highest BCUT2D eigenvalue weighted by Gasteiger charge is 2.15. The molecule has 0 aliphatic rings. The molecule has 0 saturated carbocycles. The molecule has 1 atom stereocenters. The molecular formula is C17H21N3O4. The van der Waals surface area contributed by atoms with Gasteiger partial charge in [0, 0.05) is 18.4 Å². The summed E-state index contributed by atoms with van der Waals surface area (Å²) in [5.74, 6) is -0.179. The van der Waals surface area contributed by atoms with E-state index in [2.05, 4.69) is 29.3 Å². The maximum atomic E-state index is 11.6. The predicted octanol–water partition coefficient (Wildman–Crippen LogP) is 2.38. The summed E-state index contributed by atoms with van der Waals surface area (Å²) in [6.07, 6.45) is 0.348. The molecule has 2 N–H and O–H groups in total. The molecule has 0 radical (unpaired) electrons. The van der Waals surface area contributed by atoms with Crippen molar-refractivity contribution in [2.45, 2.75) is 45.6 Å². The largest absolute Gasteiger partial charge is 0.480 e. The highest BCUT2D eigenvalue weighted by molar-refractivity contribution is 5.83. The summed E-state index contributed by atoms with van der Waals surface area (Å²) in [6, 6.07) is 7.00. The number of carbonyl (C=O) groups is 2. The van der Waals surface area contributed by atoms with Crippen molar-refractivity contribution in [1.82, 2.24) is 15.5 Å². The minimum absolute atomic E-state index is 0.0888. The third kappa shape index (κ3) is 4.65. The molecule has 7 nitrogen and oxygen atoms in total. The van der Waals surface area contributed by atoms with Crippen molar-refractivity contribution in [2.75, 3.05) is 0 Å². The second-order valence-corrected chi connectivity index (χ2v) is 5.92. The summed E-state index contributed by atoms with van der Waals surface area (Å²) >= 11 is 0. The van der Waals surface area contributed by atoms with Crippen molar-refractivity contribution >= 4 is 11.9 Å². The SMILES string of the molecule is CC(C)c1ccc(-c2noc(CCC(=O)N[C@@H](C)C(=O)O)n2)cc1. The van der Waals surface area contributed by atoms with Crippen LogP contribution in [0.15, 0.2) is 28.8 Å². The lowest BCUT2D eigenvalue weighted by atomic mass is 10.0. The number of amides is 1. The van der Waals surface area contributed by atoms with Gasteiger partial charge in [-0.2, -0.15) is 4.98 Å². The van der Waals surface area contributed by atoms with Gasteiger partial charge >= 0.3 is 5.97 Å². The molecule has 0 bridgehead atoms. The first-order chi connectivity index (χ1) is 11.4. The van der Waals surface area contributed by atoms with E-state index in [-0.39, 0.29) is 18.7 Å². The van der Waals surface area contributed by atoms with E-state index >= 15 is 0 Å². The number of carboxylic acid groups (broad SMARTS) is 1. The lowest BCUT2D eigenvalue weighted by Gasteiger charge is -2.07. The van der Waals surface area contributed by atoms with E-state index < -0.39 is 12.0 Å². The third-order valence-electron chi connectivity index (χ3n) is 3.62. The zero-order valence-corrected chi connectivity index (χ0v) is 13.9. The first-order valence-electron chi connectivity index (χ1n) is 7.82. The molecule has 0 saturated heterocycles. The van der Waals surface area contributed by atoms with Crippen LogP contribution < -0.4 is 5.32 Å². The first-order valence-corrected chi connectivity index (χ1v) is 7.82. The molecule has 0 aliphatic heterocycles. The van der Waals surface area contributed by atoms with Crippen molar-refractivity contribution in [3.8, 4) is 11.4 Å². The fourth-order valence-electron chi connectivity index (χ4n) is 2.09. The highest BCUT2D eigenvalue weighted by Crippen LogP contribution is 2.20. The predicted molar refractivity (Wildman–Crippen MR) is 87.4 cm³/mol. The number of nitrogens with one attached hydrogen (secondary N) is 1. The van der Waals surface area contributed by atoms with Gasteiger partial charge in [0.25, 0.3) is 0 Å². The summed E-state index contributed by atoms with van der Waals surface area (Å²) in [4.78, 5) is 26.6. The molecule has 2 rings (SSSR count). The van der Waals surface area contributed by atoms with Gasteiger partial charge in [0.05, 0.1) is 0 Å². The smallest absolute Gasteiger partial charge is 0.325 e. The number of aromatic nitrogens is 2. The number of aliphatic carboxylic acids is 1. The van der Waals surface area contributed by atoms with Gasteiger partial charge in [0.1, 0.15) is 6.04 Å². The Kier molecular flexibility index (Phi) is 5.68. The van der Waals surface area contributed by atoms with Gasteiger partial charge in [-0.1, -0.05) is 43.3 Å². The zero-order chi connectivity index (χ0) is 17.7. The number of nitrogens with zero attached hydrogens (tertiary/aromatic N) is 2. The normalized spacial score (nSPS) is 12.2. The number of hydrogen-bond donors (Lipinski definition) is 2. The Bertz CT molecular complexity index is 707. The highest BCUT2D eigenvalue weighted by atomic mass is 16.5. The van der Waals surface area contributed by atoms with Gasteiger partial charge in [-0.15, -0.1) is 0 Å². The van der Waals surface area contributed by atoms with Gasteiger partial charge in [-0.3, -0.25) is 9.59 Å². The van der Waals surface area contributed by atoms with Crippen molar-refractivity contribution < 1.29 is 19.2 Å². The second-order valence-electron chi connectivity index (χ2n) is 5.92. The van der Waals surface area contributed by atoms with E-state index in [9.17, 15) is 9.59 Å². The molecule has 7 heteroatoms. The average Bonchev–Trinajstić information content (AvgIpc) is 3.02. The molecule has 1 aromatic heterocycles. The Labute approximate surface area is 140 Å². The first kappa shape index (κ1) is 17.7. The number of aryl methyl sites for hydroxylation is 1. The average molecular weight is 331 g/mol. The summed E-state index contributed by atoms with van der Waals surface area (Å²) in [5, 5.41) is 15.0. The Balaban J connectivity index is 1.93. The number of benzene rings is 1. The molecule has 1 aromatic carbocycles. The molecule has 0 fully saturated rings. The van der Waals surface area contributed by atoms with Crippen LogP contribution in [0.25, 0.3) is 11.4 Å². The monoisotopic (exact) mass is 331 g/mol. The molecular weight excluding hydrogens is 310 g/mol. The molecule has 24 heavy (non-hydrogen) atoms. The van der Waals surface area contributed by atoms with Crippen molar-refractivity contribution in [1.29, 1.82) is 0 Å². The maximum Gasteiger partial charge on any atom is 0.325 e. The van der Waals surface area contributed by atoms with Crippen LogP contribution in [0, 0.1) is 0 Å². The van der Waals surface area contributed by atoms with Gasteiger partial charge in [0.2, 0.25) is 17.6 Å². The third-order valence-corrected chi connectivity index (χ3v) is 3.62. The fraction of sp³-hybridized carbons (Fsp3) is 0.412. The van der Waals surface area contributed by atoms with E-state index in [1.165, 1.54) is 12.5 Å². The van der Waals surface area contributed by atoms with Crippen LogP contribution in [-0.4, -0.2) is 33.2 Å². The van der Waals surface area contributed by atoms with E-state index in [4.69, 9.17) is 9.63 Å². The summed E-state index contributed by atoms with van der Waals surface area (Å²) < 4.78 is 5.14. The molecule has 1 heterocycles. The van der Waals surface area contributed by atoms with Crippen molar-refractivity contribution in [3.05, 3.63) is 35.7 Å². The van der Waals surface area contributed by atoms with E-state index in [0.29, 0.717) is 17.6 Å². The number of rotatable bonds is 7.